The quantitative estimate of drug-likeness (QED) is 0.827. The van der Waals surface area contributed by atoms with Crippen molar-refractivity contribution in [2.24, 2.45) is 5.92 Å². The van der Waals surface area contributed by atoms with Crippen LogP contribution >= 0.6 is 0 Å². The summed E-state index contributed by atoms with van der Waals surface area (Å²) in [5.41, 5.74) is 1.09. The van der Waals surface area contributed by atoms with E-state index in [0.29, 0.717) is 11.5 Å². The first-order chi connectivity index (χ1) is 8.06. The van der Waals surface area contributed by atoms with Gasteiger partial charge in [-0.3, -0.25) is 0 Å². The van der Waals surface area contributed by atoms with Gasteiger partial charge < -0.3 is 9.52 Å². The van der Waals surface area contributed by atoms with Crippen LogP contribution in [0.15, 0.2) is 33.5 Å². The highest BCUT2D eigenvalue weighted by molar-refractivity contribution is 5.81. The third-order valence-corrected chi connectivity index (χ3v) is 2.80. The van der Waals surface area contributed by atoms with Gasteiger partial charge in [-0.25, -0.2) is 4.79 Å². The van der Waals surface area contributed by atoms with Crippen LogP contribution in [0.5, 0.6) is 5.75 Å². The van der Waals surface area contributed by atoms with E-state index >= 15 is 0 Å². The normalized spacial score (nSPS) is 11.2. The molecule has 2 rings (SSSR count). The van der Waals surface area contributed by atoms with Crippen molar-refractivity contribution >= 4 is 11.0 Å². The van der Waals surface area contributed by atoms with Gasteiger partial charge in [0.25, 0.3) is 0 Å². The summed E-state index contributed by atoms with van der Waals surface area (Å²) in [5.74, 6) is 0.705. The van der Waals surface area contributed by atoms with Crippen molar-refractivity contribution in [2.75, 3.05) is 0 Å². The molecule has 90 valence electrons. The average Bonchev–Trinajstić information content (AvgIpc) is 2.24. The number of aromatic hydroxyl groups is 1. The summed E-state index contributed by atoms with van der Waals surface area (Å²) < 4.78 is 5.07. The Morgan fingerprint density at radius 1 is 1.29 bits per heavy atom. The molecule has 0 amide bonds. The fraction of sp³-hybridized carbons (Fsp3) is 0.357. The predicted octanol–water partition coefficient (Wildman–Crippen LogP) is 3.09. The Kier molecular flexibility index (Phi) is 3.18. The Morgan fingerprint density at radius 3 is 2.76 bits per heavy atom. The summed E-state index contributed by atoms with van der Waals surface area (Å²) in [7, 11) is 0. The molecule has 17 heavy (non-hydrogen) atoms. The molecule has 3 heteroatoms. The van der Waals surface area contributed by atoms with Crippen molar-refractivity contribution in [2.45, 2.75) is 26.7 Å². The fourth-order valence-corrected chi connectivity index (χ4v) is 1.87. The Bertz CT molecular complexity index is 582. The van der Waals surface area contributed by atoms with Gasteiger partial charge in [-0.1, -0.05) is 13.8 Å². The Hall–Kier alpha value is -1.77. The smallest absolute Gasteiger partial charge is 0.336 e. The summed E-state index contributed by atoms with van der Waals surface area (Å²) in [5, 5.41) is 10.3. The van der Waals surface area contributed by atoms with Gasteiger partial charge in [0.15, 0.2) is 0 Å². The lowest BCUT2D eigenvalue weighted by Crippen LogP contribution is -2.02. The van der Waals surface area contributed by atoms with E-state index in [9.17, 15) is 9.90 Å². The molecule has 0 aliphatic rings. The van der Waals surface area contributed by atoms with Gasteiger partial charge in [0.1, 0.15) is 11.3 Å². The van der Waals surface area contributed by atoms with Gasteiger partial charge in [-0.15, -0.1) is 0 Å². The van der Waals surface area contributed by atoms with Crippen LogP contribution in [0, 0.1) is 5.92 Å². The van der Waals surface area contributed by atoms with E-state index in [1.807, 2.05) is 0 Å². The average molecular weight is 232 g/mol. The van der Waals surface area contributed by atoms with Gasteiger partial charge in [-0.2, -0.15) is 0 Å². The minimum atomic E-state index is -0.359. The SMILES string of the molecule is CC(C)CCc1cc(=O)oc2cc(O)ccc12. The van der Waals surface area contributed by atoms with Crippen LogP contribution in [0.1, 0.15) is 25.8 Å². The lowest BCUT2D eigenvalue weighted by molar-refractivity contribution is 0.473. The third-order valence-electron chi connectivity index (χ3n) is 2.80. The van der Waals surface area contributed by atoms with Gasteiger partial charge >= 0.3 is 5.63 Å². The minimum Gasteiger partial charge on any atom is -0.508 e. The molecule has 0 saturated heterocycles. The van der Waals surface area contributed by atoms with Crippen LogP contribution < -0.4 is 5.63 Å². The summed E-state index contributed by atoms with van der Waals surface area (Å²) >= 11 is 0. The van der Waals surface area contributed by atoms with Crippen LogP contribution in [0.2, 0.25) is 0 Å². The first-order valence-electron chi connectivity index (χ1n) is 5.82. The number of phenols is 1. The maximum Gasteiger partial charge on any atom is 0.336 e. The maximum absolute atomic E-state index is 11.4. The Labute approximate surface area is 99.7 Å². The van der Waals surface area contributed by atoms with E-state index < -0.39 is 0 Å². The number of hydrogen-bond acceptors (Lipinski definition) is 3. The number of aryl methyl sites for hydroxylation is 1. The molecule has 1 heterocycles. The molecule has 0 aliphatic carbocycles. The van der Waals surface area contributed by atoms with Crippen molar-refractivity contribution in [3.8, 4) is 5.75 Å². The highest BCUT2D eigenvalue weighted by Crippen LogP contribution is 2.23. The minimum absolute atomic E-state index is 0.113. The molecule has 0 spiro atoms. The van der Waals surface area contributed by atoms with Crippen LogP contribution in [-0.2, 0) is 6.42 Å². The van der Waals surface area contributed by atoms with Crippen LogP contribution in [-0.4, -0.2) is 5.11 Å². The molecule has 0 atom stereocenters. The molecule has 2 aromatic rings. The molecular weight excluding hydrogens is 216 g/mol. The lowest BCUT2D eigenvalue weighted by atomic mass is 10.0. The Balaban J connectivity index is 2.50. The van der Waals surface area contributed by atoms with Gasteiger partial charge in [0, 0.05) is 17.5 Å². The van der Waals surface area contributed by atoms with E-state index in [0.717, 1.165) is 23.8 Å². The topological polar surface area (TPSA) is 50.4 Å². The van der Waals surface area contributed by atoms with Gasteiger partial charge in [0.05, 0.1) is 0 Å². The van der Waals surface area contributed by atoms with E-state index in [1.54, 1.807) is 18.2 Å². The largest absolute Gasteiger partial charge is 0.508 e. The highest BCUT2D eigenvalue weighted by Gasteiger charge is 2.07. The van der Waals surface area contributed by atoms with E-state index in [1.165, 1.54) is 6.07 Å². The maximum atomic E-state index is 11.4. The van der Waals surface area contributed by atoms with Crippen LogP contribution in [0.4, 0.5) is 0 Å². The zero-order valence-corrected chi connectivity index (χ0v) is 10.1. The summed E-state index contributed by atoms with van der Waals surface area (Å²) in [6.45, 7) is 4.30. The van der Waals surface area contributed by atoms with Crippen molar-refractivity contribution in [3.05, 3.63) is 40.2 Å². The number of fused-ring (bicyclic) bond motifs is 1. The molecule has 1 aromatic carbocycles. The first kappa shape index (κ1) is 11.7. The fourth-order valence-electron chi connectivity index (χ4n) is 1.87. The second-order valence-corrected chi connectivity index (χ2v) is 4.70. The van der Waals surface area contributed by atoms with Gasteiger partial charge in [-0.05, 0) is 36.5 Å². The molecular formula is C14H16O3. The molecule has 0 bridgehead atoms. The van der Waals surface area contributed by atoms with Gasteiger partial charge in [0.2, 0.25) is 0 Å². The van der Waals surface area contributed by atoms with Crippen molar-refractivity contribution in [1.82, 2.24) is 0 Å². The second-order valence-electron chi connectivity index (χ2n) is 4.70. The summed E-state index contributed by atoms with van der Waals surface area (Å²) in [4.78, 5) is 11.4. The number of rotatable bonds is 3. The monoisotopic (exact) mass is 232 g/mol. The molecule has 1 N–H and O–H groups in total. The molecule has 1 aromatic heterocycles. The molecule has 0 unspecified atom stereocenters. The number of phenolic OH excluding ortho intramolecular Hbond substituents is 1. The van der Waals surface area contributed by atoms with E-state index in [-0.39, 0.29) is 11.4 Å². The highest BCUT2D eigenvalue weighted by atomic mass is 16.4. The molecule has 0 saturated carbocycles. The third kappa shape index (κ3) is 2.67. The standard InChI is InChI=1S/C14H16O3/c1-9(2)3-4-10-7-14(16)17-13-8-11(15)5-6-12(10)13/h5-9,15H,3-4H2,1-2H3. The first-order valence-corrected chi connectivity index (χ1v) is 5.82. The zero-order valence-electron chi connectivity index (χ0n) is 10.1. The zero-order chi connectivity index (χ0) is 12.4. The number of benzene rings is 1. The van der Waals surface area contributed by atoms with Crippen LogP contribution in [0.3, 0.4) is 0 Å². The van der Waals surface area contributed by atoms with Crippen molar-refractivity contribution in [1.29, 1.82) is 0 Å². The van der Waals surface area contributed by atoms with E-state index in [4.69, 9.17) is 4.42 Å². The van der Waals surface area contributed by atoms with Crippen LogP contribution in [0.25, 0.3) is 11.0 Å². The Morgan fingerprint density at radius 2 is 2.06 bits per heavy atom. The lowest BCUT2D eigenvalue weighted by Gasteiger charge is -2.07. The van der Waals surface area contributed by atoms with E-state index in [2.05, 4.69) is 13.8 Å². The molecule has 0 aliphatic heterocycles. The molecule has 0 radical (unpaired) electrons. The molecule has 3 nitrogen and oxygen atoms in total. The summed E-state index contributed by atoms with van der Waals surface area (Å²) in [6, 6.07) is 6.43. The summed E-state index contributed by atoms with van der Waals surface area (Å²) in [6.07, 6.45) is 1.88. The number of hydrogen-bond donors (Lipinski definition) is 1. The van der Waals surface area contributed by atoms with Crippen molar-refractivity contribution < 1.29 is 9.52 Å². The second kappa shape index (κ2) is 4.62. The molecule has 0 fully saturated rings. The van der Waals surface area contributed by atoms with Crippen molar-refractivity contribution in [3.63, 3.8) is 0 Å². The predicted molar refractivity (Wildman–Crippen MR) is 67.3 cm³/mol.